The SMILES string of the molecule is C=CCn1c(=O)c2ccccc2n(CC(=O)c2ccc([N+](=O)[O-])cc2)c1=S. The van der Waals surface area contributed by atoms with Crippen molar-refractivity contribution in [1.82, 2.24) is 9.13 Å². The van der Waals surface area contributed by atoms with E-state index >= 15 is 0 Å². The van der Waals surface area contributed by atoms with Crippen LogP contribution in [0.1, 0.15) is 10.4 Å². The molecule has 8 heteroatoms. The predicted molar refractivity (Wildman–Crippen MR) is 105 cm³/mol. The molecular formula is C19H15N3O4S. The Morgan fingerprint density at radius 3 is 2.44 bits per heavy atom. The number of rotatable bonds is 6. The first-order chi connectivity index (χ1) is 12.9. The highest BCUT2D eigenvalue weighted by Gasteiger charge is 2.15. The number of para-hydroxylation sites is 1. The molecule has 0 fully saturated rings. The summed E-state index contributed by atoms with van der Waals surface area (Å²) in [5.41, 5.74) is 0.554. The van der Waals surface area contributed by atoms with Crippen LogP contribution in [0.4, 0.5) is 5.69 Å². The van der Waals surface area contributed by atoms with Crippen LogP contribution in [0, 0.1) is 14.9 Å². The molecule has 3 rings (SSSR count). The highest BCUT2D eigenvalue weighted by molar-refractivity contribution is 7.71. The molecule has 136 valence electrons. The second-order valence-electron chi connectivity index (χ2n) is 5.82. The number of fused-ring (bicyclic) bond motifs is 1. The molecule has 0 aliphatic heterocycles. The van der Waals surface area contributed by atoms with Crippen LogP contribution in [-0.2, 0) is 13.1 Å². The lowest BCUT2D eigenvalue weighted by Crippen LogP contribution is -2.26. The van der Waals surface area contributed by atoms with Gasteiger partial charge in [-0.3, -0.25) is 24.3 Å². The average Bonchev–Trinajstić information content (AvgIpc) is 2.68. The largest absolute Gasteiger partial charge is 0.310 e. The van der Waals surface area contributed by atoms with E-state index in [0.717, 1.165) is 0 Å². The Labute approximate surface area is 158 Å². The van der Waals surface area contributed by atoms with Crippen LogP contribution in [-0.4, -0.2) is 19.8 Å². The van der Waals surface area contributed by atoms with Crippen LogP contribution >= 0.6 is 12.2 Å². The van der Waals surface area contributed by atoms with Gasteiger partial charge in [0.2, 0.25) is 0 Å². The molecule has 1 aromatic heterocycles. The Morgan fingerprint density at radius 1 is 1.15 bits per heavy atom. The van der Waals surface area contributed by atoms with Crippen LogP contribution in [0.2, 0.25) is 0 Å². The molecule has 1 heterocycles. The third-order valence-electron chi connectivity index (χ3n) is 4.15. The zero-order valence-corrected chi connectivity index (χ0v) is 15.0. The highest BCUT2D eigenvalue weighted by Crippen LogP contribution is 2.15. The molecule has 0 spiro atoms. The number of Topliss-reactive ketones (excluding diaryl/α,β-unsaturated/α-hetero) is 1. The number of carbonyl (C=O) groups is 1. The average molecular weight is 381 g/mol. The number of ketones is 1. The van der Waals surface area contributed by atoms with E-state index in [-0.39, 0.29) is 34.9 Å². The van der Waals surface area contributed by atoms with Crippen LogP contribution in [0.25, 0.3) is 10.9 Å². The van der Waals surface area contributed by atoms with E-state index in [9.17, 15) is 19.7 Å². The monoisotopic (exact) mass is 381 g/mol. The van der Waals surface area contributed by atoms with Gasteiger partial charge < -0.3 is 4.57 Å². The summed E-state index contributed by atoms with van der Waals surface area (Å²) in [7, 11) is 0. The van der Waals surface area contributed by atoms with Gasteiger partial charge in [-0.15, -0.1) is 6.58 Å². The third-order valence-corrected chi connectivity index (χ3v) is 4.59. The van der Waals surface area contributed by atoms with Gasteiger partial charge >= 0.3 is 0 Å². The summed E-state index contributed by atoms with van der Waals surface area (Å²) in [4.78, 5) is 35.6. The molecular weight excluding hydrogens is 366 g/mol. The first-order valence-corrected chi connectivity index (χ1v) is 8.46. The number of nitro groups is 1. The van der Waals surface area contributed by atoms with Crippen molar-refractivity contribution in [2.75, 3.05) is 0 Å². The number of carbonyl (C=O) groups excluding carboxylic acids is 1. The van der Waals surface area contributed by atoms with Crippen molar-refractivity contribution in [3.8, 4) is 0 Å². The molecule has 0 unspecified atom stereocenters. The molecule has 0 radical (unpaired) electrons. The molecule has 0 N–H and O–H groups in total. The number of benzene rings is 2. The van der Waals surface area contributed by atoms with E-state index in [1.165, 1.54) is 28.8 Å². The Morgan fingerprint density at radius 2 is 1.81 bits per heavy atom. The summed E-state index contributed by atoms with van der Waals surface area (Å²) in [6.45, 7) is 3.78. The maximum atomic E-state index is 12.7. The minimum absolute atomic E-state index is 0.0887. The summed E-state index contributed by atoms with van der Waals surface area (Å²) >= 11 is 5.43. The maximum Gasteiger partial charge on any atom is 0.269 e. The van der Waals surface area contributed by atoms with Gasteiger partial charge in [-0.2, -0.15) is 0 Å². The number of nitrogens with zero attached hydrogens (tertiary/aromatic N) is 3. The summed E-state index contributed by atoms with van der Waals surface area (Å²) in [6, 6.07) is 12.3. The Hall–Kier alpha value is -3.39. The van der Waals surface area contributed by atoms with Crippen LogP contribution < -0.4 is 5.56 Å². The van der Waals surface area contributed by atoms with Crippen LogP contribution in [0.3, 0.4) is 0 Å². The standard InChI is InChI=1S/C19H15N3O4S/c1-2-11-20-18(24)15-5-3-4-6-16(15)21(19(20)27)12-17(23)13-7-9-14(10-8-13)22(25)26/h2-10H,1,11-12H2. The second-order valence-corrected chi connectivity index (χ2v) is 6.18. The van der Waals surface area contributed by atoms with Crippen molar-refractivity contribution in [1.29, 1.82) is 0 Å². The van der Waals surface area contributed by atoms with E-state index < -0.39 is 4.92 Å². The molecule has 0 saturated carbocycles. The van der Waals surface area contributed by atoms with Gasteiger partial charge in [0, 0.05) is 24.2 Å². The zero-order chi connectivity index (χ0) is 19.6. The summed E-state index contributed by atoms with van der Waals surface area (Å²) in [5.74, 6) is -0.269. The van der Waals surface area contributed by atoms with E-state index in [1.54, 1.807) is 34.9 Å². The quantitative estimate of drug-likeness (QED) is 0.214. The summed E-state index contributed by atoms with van der Waals surface area (Å²) < 4.78 is 3.20. The first-order valence-electron chi connectivity index (χ1n) is 8.05. The number of aromatic nitrogens is 2. The van der Waals surface area contributed by atoms with Gasteiger partial charge in [0.25, 0.3) is 11.2 Å². The van der Waals surface area contributed by atoms with Gasteiger partial charge in [0.1, 0.15) is 0 Å². The number of hydrogen-bond donors (Lipinski definition) is 0. The molecule has 3 aromatic rings. The molecule has 27 heavy (non-hydrogen) atoms. The molecule has 0 aliphatic rings. The number of allylic oxidation sites excluding steroid dienone is 1. The van der Waals surface area contributed by atoms with Gasteiger partial charge in [0.05, 0.1) is 22.4 Å². The summed E-state index contributed by atoms with van der Waals surface area (Å²) in [5, 5.41) is 11.2. The Balaban J connectivity index is 2.09. The molecule has 0 amide bonds. The fraction of sp³-hybridized carbons (Fsp3) is 0.105. The maximum absolute atomic E-state index is 12.7. The second kappa shape index (κ2) is 7.46. The fourth-order valence-electron chi connectivity index (χ4n) is 2.82. The lowest BCUT2D eigenvalue weighted by molar-refractivity contribution is -0.384. The van der Waals surface area contributed by atoms with E-state index in [1.807, 2.05) is 0 Å². The molecule has 0 aliphatic carbocycles. The van der Waals surface area contributed by atoms with Gasteiger partial charge in [-0.25, -0.2) is 0 Å². The normalized spacial score (nSPS) is 10.7. The van der Waals surface area contributed by atoms with Crippen molar-refractivity contribution < 1.29 is 9.72 Å². The zero-order valence-electron chi connectivity index (χ0n) is 14.2. The third kappa shape index (κ3) is 3.47. The number of hydrogen-bond acceptors (Lipinski definition) is 5. The first kappa shape index (κ1) is 18.4. The van der Waals surface area contributed by atoms with Crippen LogP contribution in [0.5, 0.6) is 0 Å². The van der Waals surface area contributed by atoms with E-state index in [0.29, 0.717) is 16.5 Å². The lowest BCUT2D eigenvalue weighted by atomic mass is 10.1. The van der Waals surface area contributed by atoms with Crippen molar-refractivity contribution in [3.05, 3.63) is 92.0 Å². The van der Waals surface area contributed by atoms with Crippen LogP contribution in [0.15, 0.2) is 66.0 Å². The highest BCUT2D eigenvalue weighted by atomic mass is 32.1. The molecule has 0 bridgehead atoms. The van der Waals surface area contributed by atoms with Gasteiger partial charge in [0.15, 0.2) is 10.6 Å². The smallest absolute Gasteiger partial charge is 0.269 e. The lowest BCUT2D eigenvalue weighted by Gasteiger charge is -2.14. The van der Waals surface area contributed by atoms with Crippen molar-refractivity contribution >= 4 is 34.6 Å². The Kier molecular flexibility index (Phi) is 5.09. The van der Waals surface area contributed by atoms with Crippen molar-refractivity contribution in [3.63, 3.8) is 0 Å². The number of nitro benzene ring substituents is 1. The molecule has 7 nitrogen and oxygen atoms in total. The topological polar surface area (TPSA) is 87.1 Å². The molecule has 0 saturated heterocycles. The van der Waals surface area contributed by atoms with E-state index in [4.69, 9.17) is 12.2 Å². The van der Waals surface area contributed by atoms with Gasteiger partial charge in [-0.05, 0) is 36.5 Å². The van der Waals surface area contributed by atoms with Crippen molar-refractivity contribution in [2.45, 2.75) is 13.1 Å². The minimum atomic E-state index is -0.525. The van der Waals surface area contributed by atoms with Gasteiger partial charge in [-0.1, -0.05) is 18.2 Å². The predicted octanol–water partition coefficient (Wildman–Crippen LogP) is 3.51. The Bertz CT molecular complexity index is 1180. The van der Waals surface area contributed by atoms with Crippen molar-refractivity contribution in [2.24, 2.45) is 0 Å². The molecule has 2 aromatic carbocycles. The summed E-state index contributed by atoms with van der Waals surface area (Å²) in [6.07, 6.45) is 1.56. The number of non-ortho nitro benzene ring substituents is 1. The van der Waals surface area contributed by atoms with E-state index in [2.05, 4.69) is 6.58 Å². The fourth-order valence-corrected chi connectivity index (χ4v) is 3.14. The minimum Gasteiger partial charge on any atom is -0.310 e. The molecule has 0 atom stereocenters.